The van der Waals surface area contributed by atoms with E-state index in [0.717, 1.165) is 12.8 Å². The second-order valence-electron chi connectivity index (χ2n) is 4.36. The number of halogens is 3. The van der Waals surface area contributed by atoms with Crippen molar-refractivity contribution in [3.05, 3.63) is 0 Å². The van der Waals surface area contributed by atoms with Gasteiger partial charge in [0.15, 0.2) is 0 Å². The minimum atomic E-state index is -5.09. The Balaban J connectivity index is 4.20. The Hall–Kier alpha value is -1.51. The van der Waals surface area contributed by atoms with E-state index in [1.807, 2.05) is 0 Å². The molecule has 1 atom stereocenters. The van der Waals surface area contributed by atoms with Crippen LogP contribution in [0.2, 0.25) is 0 Å². The van der Waals surface area contributed by atoms with E-state index in [1.54, 1.807) is 7.11 Å². The maximum Gasteiger partial charge on any atom is 0.422 e. The quantitative estimate of drug-likeness (QED) is 0.593. The molecule has 0 saturated carbocycles. The molecule has 3 N–H and O–H groups in total. The highest BCUT2D eigenvalue weighted by molar-refractivity contribution is 5.86. The summed E-state index contributed by atoms with van der Waals surface area (Å²) in [6, 6.07) is -1.17. The number of unbranched alkanes of at least 4 members (excludes halogenated alkanes) is 2. The average molecular weight is 300 g/mol. The number of carboxylic acids is 1. The first kappa shape index (κ1) is 18.5. The standard InChI is InChI=1S/C11H19F3N2O4/c1-10(8(17)18,11(12,13)14)16-9(19)15-6-4-3-5-7-20-2/h3-7H2,1-2H3,(H,17,18)(H2,15,16,19). The summed E-state index contributed by atoms with van der Waals surface area (Å²) in [6.45, 7) is 1.12. The minimum Gasteiger partial charge on any atom is -0.479 e. The Morgan fingerprint density at radius 1 is 1.20 bits per heavy atom. The zero-order valence-electron chi connectivity index (χ0n) is 11.3. The Morgan fingerprint density at radius 3 is 2.25 bits per heavy atom. The van der Waals surface area contributed by atoms with E-state index < -0.39 is 23.7 Å². The van der Waals surface area contributed by atoms with Gasteiger partial charge in [0.25, 0.3) is 0 Å². The van der Waals surface area contributed by atoms with Crippen molar-refractivity contribution in [1.29, 1.82) is 0 Å². The number of rotatable bonds is 8. The lowest BCUT2D eigenvalue weighted by Crippen LogP contribution is -2.63. The van der Waals surface area contributed by atoms with Gasteiger partial charge in [-0.05, 0) is 26.2 Å². The monoisotopic (exact) mass is 300 g/mol. The number of nitrogens with one attached hydrogen (secondary N) is 2. The molecule has 0 aliphatic heterocycles. The van der Waals surface area contributed by atoms with Gasteiger partial charge in [-0.2, -0.15) is 13.2 Å². The van der Waals surface area contributed by atoms with E-state index in [0.29, 0.717) is 20.0 Å². The van der Waals surface area contributed by atoms with Gasteiger partial charge in [0.1, 0.15) is 0 Å². The Labute approximate surface area is 114 Å². The van der Waals surface area contributed by atoms with Gasteiger partial charge in [-0.15, -0.1) is 0 Å². The Morgan fingerprint density at radius 2 is 1.80 bits per heavy atom. The largest absolute Gasteiger partial charge is 0.479 e. The molecule has 0 aromatic heterocycles. The van der Waals surface area contributed by atoms with E-state index in [1.165, 1.54) is 5.32 Å². The zero-order chi connectivity index (χ0) is 15.8. The van der Waals surface area contributed by atoms with Gasteiger partial charge in [0.05, 0.1) is 0 Å². The predicted molar refractivity (Wildman–Crippen MR) is 64.4 cm³/mol. The maximum atomic E-state index is 12.6. The number of carbonyl (C=O) groups is 2. The Bertz CT molecular complexity index is 336. The van der Waals surface area contributed by atoms with E-state index in [9.17, 15) is 22.8 Å². The van der Waals surface area contributed by atoms with Crippen molar-refractivity contribution in [2.45, 2.75) is 37.9 Å². The van der Waals surface area contributed by atoms with Gasteiger partial charge in [0.2, 0.25) is 5.54 Å². The average Bonchev–Trinajstić information content (AvgIpc) is 2.31. The van der Waals surface area contributed by atoms with Crippen LogP contribution in [0.15, 0.2) is 0 Å². The fourth-order valence-electron chi connectivity index (χ4n) is 1.27. The molecular formula is C11H19F3N2O4. The van der Waals surface area contributed by atoms with Crippen LogP contribution in [-0.2, 0) is 9.53 Å². The first-order chi connectivity index (χ1) is 9.15. The van der Waals surface area contributed by atoms with Crippen LogP contribution in [0.5, 0.6) is 0 Å². The molecule has 0 radical (unpaired) electrons. The number of alkyl halides is 3. The summed E-state index contributed by atoms with van der Waals surface area (Å²) in [6.07, 6.45) is -3.01. The number of amides is 2. The van der Waals surface area contributed by atoms with Crippen LogP contribution >= 0.6 is 0 Å². The molecule has 0 aliphatic carbocycles. The fraction of sp³-hybridized carbons (Fsp3) is 0.818. The predicted octanol–water partition coefficient (Wildman–Crippen LogP) is 1.51. The lowest BCUT2D eigenvalue weighted by atomic mass is 10.0. The van der Waals surface area contributed by atoms with Crippen LogP contribution in [0.4, 0.5) is 18.0 Å². The first-order valence-corrected chi connectivity index (χ1v) is 6.00. The van der Waals surface area contributed by atoms with Crippen LogP contribution in [0.1, 0.15) is 26.2 Å². The number of methoxy groups -OCH3 is 1. The number of hydrogen-bond acceptors (Lipinski definition) is 3. The number of carboxylic acid groups (broad SMARTS) is 1. The maximum absolute atomic E-state index is 12.6. The Kier molecular flexibility index (Phi) is 7.33. The molecular weight excluding hydrogens is 281 g/mol. The molecule has 1 unspecified atom stereocenters. The molecule has 0 fully saturated rings. The van der Waals surface area contributed by atoms with Crippen molar-refractivity contribution in [3.63, 3.8) is 0 Å². The minimum absolute atomic E-state index is 0.156. The third kappa shape index (κ3) is 5.64. The number of ether oxygens (including phenoxy) is 1. The normalized spacial score (nSPS) is 14.4. The molecule has 0 heterocycles. The molecule has 6 nitrogen and oxygen atoms in total. The van der Waals surface area contributed by atoms with E-state index in [2.05, 4.69) is 5.32 Å². The van der Waals surface area contributed by atoms with Gasteiger partial charge in [-0.3, -0.25) is 0 Å². The molecule has 0 bridgehead atoms. The van der Waals surface area contributed by atoms with Gasteiger partial charge in [0, 0.05) is 20.3 Å². The summed E-state index contributed by atoms with van der Waals surface area (Å²) in [4.78, 5) is 22.0. The molecule has 0 spiro atoms. The van der Waals surface area contributed by atoms with Crippen molar-refractivity contribution in [2.75, 3.05) is 20.3 Å². The molecule has 0 aromatic carbocycles. The molecule has 0 aliphatic rings. The summed E-state index contributed by atoms with van der Waals surface area (Å²) in [5, 5.41) is 12.2. The first-order valence-electron chi connectivity index (χ1n) is 6.00. The van der Waals surface area contributed by atoms with Crippen molar-refractivity contribution >= 4 is 12.0 Å². The van der Waals surface area contributed by atoms with Crippen LogP contribution in [0, 0.1) is 0 Å². The van der Waals surface area contributed by atoms with Crippen LogP contribution in [-0.4, -0.2) is 49.1 Å². The highest BCUT2D eigenvalue weighted by Gasteiger charge is 2.58. The second kappa shape index (κ2) is 7.93. The van der Waals surface area contributed by atoms with Crippen LogP contribution < -0.4 is 10.6 Å². The lowest BCUT2D eigenvalue weighted by Gasteiger charge is -2.28. The third-order valence-electron chi connectivity index (χ3n) is 2.67. The van der Waals surface area contributed by atoms with Crippen molar-refractivity contribution in [1.82, 2.24) is 10.6 Å². The molecule has 0 saturated heterocycles. The zero-order valence-corrected chi connectivity index (χ0v) is 11.3. The lowest BCUT2D eigenvalue weighted by molar-refractivity contribution is -0.203. The summed E-state index contributed by atoms with van der Waals surface area (Å²) >= 11 is 0. The van der Waals surface area contributed by atoms with Crippen molar-refractivity contribution in [2.24, 2.45) is 0 Å². The number of carbonyl (C=O) groups excluding carboxylic acids is 1. The highest BCUT2D eigenvalue weighted by atomic mass is 19.4. The highest BCUT2D eigenvalue weighted by Crippen LogP contribution is 2.30. The molecule has 9 heteroatoms. The van der Waals surface area contributed by atoms with Crippen LogP contribution in [0.25, 0.3) is 0 Å². The second-order valence-corrected chi connectivity index (χ2v) is 4.36. The molecule has 0 rings (SSSR count). The summed E-state index contributed by atoms with van der Waals surface area (Å²) in [5.41, 5.74) is -3.31. The van der Waals surface area contributed by atoms with Crippen molar-refractivity contribution in [3.8, 4) is 0 Å². The van der Waals surface area contributed by atoms with E-state index in [-0.39, 0.29) is 6.54 Å². The van der Waals surface area contributed by atoms with Gasteiger partial charge in [-0.25, -0.2) is 9.59 Å². The molecule has 118 valence electrons. The van der Waals surface area contributed by atoms with E-state index in [4.69, 9.17) is 9.84 Å². The summed E-state index contributed by atoms with van der Waals surface area (Å²) in [7, 11) is 1.55. The van der Waals surface area contributed by atoms with Crippen LogP contribution in [0.3, 0.4) is 0 Å². The van der Waals surface area contributed by atoms with E-state index >= 15 is 0 Å². The molecule has 20 heavy (non-hydrogen) atoms. The number of hydrogen-bond donors (Lipinski definition) is 3. The summed E-state index contributed by atoms with van der Waals surface area (Å²) in [5.74, 6) is -2.17. The van der Waals surface area contributed by atoms with Gasteiger partial charge >= 0.3 is 18.2 Å². The molecule has 0 aromatic rings. The third-order valence-corrected chi connectivity index (χ3v) is 2.67. The van der Waals surface area contributed by atoms with Gasteiger partial charge < -0.3 is 20.5 Å². The SMILES string of the molecule is COCCCCCNC(=O)NC(C)(C(=O)O)C(F)(F)F. The van der Waals surface area contributed by atoms with Gasteiger partial charge in [-0.1, -0.05) is 0 Å². The molecule has 2 amide bonds. The number of aliphatic carboxylic acids is 1. The smallest absolute Gasteiger partial charge is 0.422 e. The van der Waals surface area contributed by atoms with Crippen molar-refractivity contribution < 1.29 is 32.6 Å². The number of urea groups is 1. The topological polar surface area (TPSA) is 87.7 Å². The summed E-state index contributed by atoms with van der Waals surface area (Å²) < 4.78 is 42.6. The fourth-order valence-corrected chi connectivity index (χ4v) is 1.27.